The molecule has 1 unspecified atom stereocenters. The summed E-state index contributed by atoms with van der Waals surface area (Å²) in [7, 11) is 0. The highest BCUT2D eigenvalue weighted by Crippen LogP contribution is 2.35. The van der Waals surface area contributed by atoms with Crippen LogP contribution in [0.3, 0.4) is 0 Å². The number of aryl methyl sites for hydroxylation is 1. The lowest BCUT2D eigenvalue weighted by atomic mass is 10.0. The molecule has 1 amide bonds. The highest BCUT2D eigenvalue weighted by Gasteiger charge is 2.44. The Morgan fingerprint density at radius 2 is 2.08 bits per heavy atom. The lowest BCUT2D eigenvalue weighted by Crippen LogP contribution is -2.49. The van der Waals surface area contributed by atoms with Crippen LogP contribution in [0.2, 0.25) is 0 Å². The smallest absolute Gasteiger partial charge is 0.300 e. The second-order valence-corrected chi connectivity index (χ2v) is 9.05. The number of hydrogen-bond acceptors (Lipinski definition) is 11. The zero-order valence-electron chi connectivity index (χ0n) is 19.8. The molecule has 36 heavy (non-hydrogen) atoms. The number of aromatic nitrogens is 3. The van der Waals surface area contributed by atoms with Gasteiger partial charge in [-0.15, -0.1) is 0 Å². The van der Waals surface area contributed by atoms with Crippen LogP contribution in [0.25, 0.3) is 11.2 Å². The van der Waals surface area contributed by atoms with E-state index in [1.54, 1.807) is 30.6 Å². The standard InChI is InChI=1S/C24H27N7O5/c1-15-12-16(2-4-25-15)24(26-5-9-35-24)22(33)27-18-13-19-20(28-21(18)31-6-3-17(32)14-31)29-23(36-19)30-7-10-34-11-8-30/h2,4-5,9,12-13,17,26,32H,3,6-8,10-11,14H2,1H3,(H,27,33)/t17?,24-/m1/s1. The minimum absolute atomic E-state index is 0.403. The molecule has 0 aliphatic carbocycles. The highest BCUT2D eigenvalue weighted by atomic mass is 16.5. The first-order valence-corrected chi connectivity index (χ1v) is 11.9. The summed E-state index contributed by atoms with van der Waals surface area (Å²) in [6, 6.07) is 5.72. The van der Waals surface area contributed by atoms with Crippen LogP contribution >= 0.6 is 0 Å². The van der Waals surface area contributed by atoms with Crippen molar-refractivity contribution in [1.82, 2.24) is 20.3 Å². The number of aliphatic hydroxyl groups excluding tert-OH is 1. The Balaban J connectivity index is 1.38. The van der Waals surface area contributed by atoms with Crippen molar-refractivity contribution in [1.29, 1.82) is 0 Å². The van der Waals surface area contributed by atoms with Crippen molar-refractivity contribution in [2.75, 3.05) is 54.5 Å². The molecular formula is C24H27N7O5. The van der Waals surface area contributed by atoms with Gasteiger partial charge in [-0.3, -0.25) is 9.78 Å². The lowest BCUT2D eigenvalue weighted by molar-refractivity contribution is -0.136. The Morgan fingerprint density at radius 1 is 1.22 bits per heavy atom. The SMILES string of the molecule is Cc1cc([C@@]2(C(=O)Nc3cc4oc(N5CCOCC5)nc4nc3N3CCC(O)C3)NC=CO2)ccn1. The summed E-state index contributed by atoms with van der Waals surface area (Å²) in [6.45, 7) is 5.39. The Labute approximate surface area is 206 Å². The largest absolute Gasteiger partial charge is 0.461 e. The van der Waals surface area contributed by atoms with Crippen molar-refractivity contribution in [3.8, 4) is 0 Å². The van der Waals surface area contributed by atoms with Crippen molar-refractivity contribution in [3.63, 3.8) is 0 Å². The Hall–Kier alpha value is -3.90. The first kappa shape index (κ1) is 22.6. The number of amides is 1. The molecule has 3 aliphatic heterocycles. The van der Waals surface area contributed by atoms with Gasteiger partial charge in [0.25, 0.3) is 17.6 Å². The van der Waals surface area contributed by atoms with E-state index in [0.717, 1.165) is 5.69 Å². The second-order valence-electron chi connectivity index (χ2n) is 9.05. The van der Waals surface area contributed by atoms with E-state index in [9.17, 15) is 9.90 Å². The topological polar surface area (TPSA) is 138 Å². The molecule has 12 heteroatoms. The van der Waals surface area contributed by atoms with Gasteiger partial charge in [-0.05, 0) is 25.5 Å². The maximum absolute atomic E-state index is 13.7. The van der Waals surface area contributed by atoms with Crippen LogP contribution in [-0.2, 0) is 20.0 Å². The maximum Gasteiger partial charge on any atom is 0.300 e. The molecule has 0 saturated carbocycles. The predicted molar refractivity (Wildman–Crippen MR) is 130 cm³/mol. The summed E-state index contributed by atoms with van der Waals surface area (Å²) >= 11 is 0. The lowest BCUT2D eigenvalue weighted by Gasteiger charge is -2.29. The maximum atomic E-state index is 13.7. The number of β-amino-alcohol motifs (C(OH)–C–C–N with tert-alkyl or cyclic N) is 1. The van der Waals surface area contributed by atoms with Gasteiger partial charge in [-0.1, -0.05) is 0 Å². The Bertz CT molecular complexity index is 1310. The van der Waals surface area contributed by atoms with Gasteiger partial charge in [0.05, 0.1) is 25.0 Å². The zero-order valence-corrected chi connectivity index (χ0v) is 19.8. The van der Waals surface area contributed by atoms with Crippen LogP contribution in [-0.4, -0.2) is 71.5 Å². The molecule has 6 rings (SSSR count). The molecule has 188 valence electrons. The fourth-order valence-corrected chi connectivity index (χ4v) is 4.70. The third-order valence-corrected chi connectivity index (χ3v) is 6.57. The molecular weight excluding hydrogens is 466 g/mol. The van der Waals surface area contributed by atoms with E-state index >= 15 is 0 Å². The van der Waals surface area contributed by atoms with Crippen molar-refractivity contribution in [2.45, 2.75) is 25.2 Å². The molecule has 3 aromatic heterocycles. The Kier molecular flexibility index (Phi) is 5.61. The van der Waals surface area contributed by atoms with E-state index in [-0.39, 0.29) is 0 Å². The number of ether oxygens (including phenoxy) is 2. The van der Waals surface area contributed by atoms with Gasteiger partial charge < -0.3 is 39.4 Å². The molecule has 12 nitrogen and oxygen atoms in total. The Morgan fingerprint density at radius 3 is 2.81 bits per heavy atom. The second kappa shape index (κ2) is 8.95. The van der Waals surface area contributed by atoms with E-state index < -0.39 is 17.7 Å². The third kappa shape index (κ3) is 3.97. The first-order chi connectivity index (χ1) is 17.5. The minimum atomic E-state index is -1.47. The van der Waals surface area contributed by atoms with E-state index in [4.69, 9.17) is 18.9 Å². The molecule has 2 fully saturated rings. The minimum Gasteiger partial charge on any atom is -0.461 e. The van der Waals surface area contributed by atoms with Gasteiger partial charge in [-0.2, -0.15) is 4.98 Å². The molecule has 0 spiro atoms. The molecule has 0 radical (unpaired) electrons. The van der Waals surface area contributed by atoms with Crippen LogP contribution in [0.5, 0.6) is 0 Å². The van der Waals surface area contributed by atoms with E-state index in [1.807, 2.05) is 16.7 Å². The number of fused-ring (bicyclic) bond motifs is 1. The average Bonchev–Trinajstić information content (AvgIpc) is 3.64. The summed E-state index contributed by atoms with van der Waals surface area (Å²) in [5.41, 5.74) is 1.21. The van der Waals surface area contributed by atoms with Gasteiger partial charge in [0, 0.05) is 55.9 Å². The summed E-state index contributed by atoms with van der Waals surface area (Å²) in [6.07, 6.45) is 4.80. The van der Waals surface area contributed by atoms with Gasteiger partial charge in [-0.25, -0.2) is 4.98 Å². The molecule has 2 saturated heterocycles. The van der Waals surface area contributed by atoms with Crippen molar-refractivity contribution < 1.29 is 23.8 Å². The predicted octanol–water partition coefficient (Wildman–Crippen LogP) is 1.22. The number of rotatable bonds is 5. The van der Waals surface area contributed by atoms with Crippen LogP contribution in [0.15, 0.2) is 41.3 Å². The molecule has 0 aromatic carbocycles. The van der Waals surface area contributed by atoms with Crippen molar-refractivity contribution >= 4 is 34.7 Å². The highest BCUT2D eigenvalue weighted by molar-refractivity contribution is 6.01. The molecule has 2 atom stereocenters. The third-order valence-electron chi connectivity index (χ3n) is 6.57. The first-order valence-electron chi connectivity index (χ1n) is 11.9. The summed E-state index contributed by atoms with van der Waals surface area (Å²) < 4.78 is 17.3. The zero-order chi connectivity index (χ0) is 24.7. The van der Waals surface area contributed by atoms with Crippen LogP contribution in [0.1, 0.15) is 17.7 Å². The van der Waals surface area contributed by atoms with Gasteiger partial charge in [0.1, 0.15) is 6.26 Å². The molecule has 3 aromatic rings. The number of pyridine rings is 2. The van der Waals surface area contributed by atoms with E-state index in [1.165, 1.54) is 6.26 Å². The van der Waals surface area contributed by atoms with Crippen LogP contribution in [0.4, 0.5) is 17.5 Å². The quantitative estimate of drug-likeness (QED) is 0.473. The number of aliphatic hydroxyl groups is 1. The number of oxazole rings is 1. The van der Waals surface area contributed by atoms with Crippen molar-refractivity contribution in [3.05, 3.63) is 48.1 Å². The molecule has 3 N–H and O–H groups in total. The average molecular weight is 494 g/mol. The van der Waals surface area contributed by atoms with Crippen LogP contribution < -0.4 is 20.4 Å². The number of nitrogens with one attached hydrogen (secondary N) is 2. The summed E-state index contributed by atoms with van der Waals surface area (Å²) in [5.74, 6) is 0.0782. The normalized spacial score (nSPS) is 23.7. The molecule has 6 heterocycles. The molecule has 3 aliphatic rings. The number of nitrogens with zero attached hydrogens (tertiary/aromatic N) is 5. The van der Waals surface area contributed by atoms with Gasteiger partial charge in [0.2, 0.25) is 5.65 Å². The van der Waals surface area contributed by atoms with Gasteiger partial charge >= 0.3 is 0 Å². The monoisotopic (exact) mass is 493 g/mol. The fourth-order valence-electron chi connectivity index (χ4n) is 4.70. The summed E-state index contributed by atoms with van der Waals surface area (Å²) in [4.78, 5) is 31.3. The fraction of sp³-hybridized carbons (Fsp3) is 0.417. The van der Waals surface area contributed by atoms with Gasteiger partial charge in [0.15, 0.2) is 11.4 Å². The number of anilines is 3. The van der Waals surface area contributed by atoms with Crippen molar-refractivity contribution in [2.24, 2.45) is 0 Å². The number of carbonyl (C=O) groups is 1. The van der Waals surface area contributed by atoms with E-state index in [2.05, 4.69) is 20.6 Å². The summed E-state index contributed by atoms with van der Waals surface area (Å²) in [5, 5.41) is 16.2. The van der Waals surface area contributed by atoms with E-state index in [0.29, 0.717) is 80.1 Å². The number of carbonyl (C=O) groups excluding carboxylic acids is 1. The number of hydrogen-bond donors (Lipinski definition) is 3. The number of morpholine rings is 1. The molecule has 0 bridgehead atoms. The van der Waals surface area contributed by atoms with Crippen LogP contribution in [0, 0.1) is 6.92 Å².